The van der Waals surface area contributed by atoms with Crippen LogP contribution in [0, 0.1) is 0 Å². The van der Waals surface area contributed by atoms with Crippen LogP contribution in [0.3, 0.4) is 0 Å². The summed E-state index contributed by atoms with van der Waals surface area (Å²) in [6, 6.07) is 8.15. The first-order chi connectivity index (χ1) is 9.29. The maximum atomic E-state index is 6.04. The van der Waals surface area contributed by atoms with E-state index in [1.54, 1.807) is 0 Å². The normalized spacial score (nSPS) is 16.8. The van der Waals surface area contributed by atoms with Crippen molar-refractivity contribution >= 4 is 28.9 Å². The smallest absolute Gasteiger partial charge is 0.0426 e. The van der Waals surface area contributed by atoms with E-state index in [1.165, 1.54) is 25.1 Å². The Balaban J connectivity index is 1.73. The summed E-state index contributed by atoms with van der Waals surface area (Å²) in [5, 5.41) is 0.820. The molecular formula is C15H22Cl2N2. The minimum absolute atomic E-state index is 0.794. The Hall–Kier alpha value is -0.440. The molecule has 0 radical (unpaired) electrons. The molecule has 0 bridgehead atoms. The molecule has 106 valence electrons. The lowest BCUT2D eigenvalue weighted by Crippen LogP contribution is -2.46. The Morgan fingerprint density at radius 1 is 1.00 bits per heavy atom. The molecule has 4 heteroatoms. The molecule has 0 aromatic heterocycles. The summed E-state index contributed by atoms with van der Waals surface area (Å²) < 4.78 is 0. The highest BCUT2D eigenvalue weighted by Crippen LogP contribution is 2.20. The predicted molar refractivity (Wildman–Crippen MR) is 84.7 cm³/mol. The Morgan fingerprint density at radius 3 is 2.47 bits per heavy atom. The summed E-state index contributed by atoms with van der Waals surface area (Å²) >= 11 is 11.7. The van der Waals surface area contributed by atoms with Gasteiger partial charge in [0, 0.05) is 42.8 Å². The van der Waals surface area contributed by atoms with Crippen LogP contribution < -0.4 is 4.90 Å². The SMILES string of the molecule is ClCCCCCN1CCN(c2cccc(Cl)c2)CC1. The average Bonchev–Trinajstić information content (AvgIpc) is 2.44. The van der Waals surface area contributed by atoms with E-state index in [-0.39, 0.29) is 0 Å². The monoisotopic (exact) mass is 300 g/mol. The van der Waals surface area contributed by atoms with Crippen molar-refractivity contribution in [3.05, 3.63) is 29.3 Å². The van der Waals surface area contributed by atoms with Crippen molar-refractivity contribution < 1.29 is 0 Å². The Bertz CT molecular complexity index is 376. The summed E-state index contributed by atoms with van der Waals surface area (Å²) in [5.74, 6) is 0.794. The van der Waals surface area contributed by atoms with Crippen LogP contribution in [0.4, 0.5) is 5.69 Å². The lowest BCUT2D eigenvalue weighted by molar-refractivity contribution is 0.253. The fourth-order valence-corrected chi connectivity index (χ4v) is 2.88. The molecule has 1 fully saturated rings. The van der Waals surface area contributed by atoms with Crippen LogP contribution in [0.1, 0.15) is 19.3 Å². The van der Waals surface area contributed by atoms with E-state index in [0.717, 1.165) is 43.5 Å². The van der Waals surface area contributed by atoms with Crippen molar-refractivity contribution in [2.75, 3.05) is 43.5 Å². The third-order valence-electron chi connectivity index (χ3n) is 3.65. The molecule has 0 N–H and O–H groups in total. The second-order valence-corrected chi connectivity index (χ2v) is 5.87. The van der Waals surface area contributed by atoms with Crippen LogP contribution in [0.5, 0.6) is 0 Å². The third kappa shape index (κ3) is 4.87. The fourth-order valence-electron chi connectivity index (χ4n) is 2.51. The van der Waals surface area contributed by atoms with E-state index < -0.39 is 0 Å². The zero-order chi connectivity index (χ0) is 13.5. The summed E-state index contributed by atoms with van der Waals surface area (Å²) in [4.78, 5) is 4.97. The Kier molecular flexibility index (Phi) is 6.29. The van der Waals surface area contributed by atoms with Gasteiger partial charge in [-0.3, -0.25) is 4.90 Å². The molecule has 1 saturated heterocycles. The molecule has 1 aromatic carbocycles. The quantitative estimate of drug-likeness (QED) is 0.581. The highest BCUT2D eigenvalue weighted by atomic mass is 35.5. The van der Waals surface area contributed by atoms with E-state index in [1.807, 2.05) is 12.1 Å². The standard InChI is InChI=1S/C15H22Cl2N2/c16-7-2-1-3-8-18-9-11-19(12-10-18)15-6-4-5-14(17)13-15/h4-6,13H,1-3,7-12H2. The molecule has 1 aromatic rings. The van der Waals surface area contributed by atoms with Crippen LogP contribution in [0.25, 0.3) is 0 Å². The zero-order valence-electron chi connectivity index (χ0n) is 11.3. The van der Waals surface area contributed by atoms with Gasteiger partial charge in [0.2, 0.25) is 0 Å². The fraction of sp³-hybridized carbons (Fsp3) is 0.600. The van der Waals surface area contributed by atoms with Crippen LogP contribution >= 0.6 is 23.2 Å². The van der Waals surface area contributed by atoms with Crippen molar-refractivity contribution in [3.8, 4) is 0 Å². The van der Waals surface area contributed by atoms with Gasteiger partial charge in [0.05, 0.1) is 0 Å². The first-order valence-corrected chi connectivity index (χ1v) is 7.99. The molecule has 2 rings (SSSR count). The molecule has 2 nitrogen and oxygen atoms in total. The van der Waals surface area contributed by atoms with Gasteiger partial charge in [0.25, 0.3) is 0 Å². The number of unbranched alkanes of at least 4 members (excludes halogenated alkanes) is 2. The minimum atomic E-state index is 0.794. The van der Waals surface area contributed by atoms with Crippen LogP contribution in [0.15, 0.2) is 24.3 Å². The van der Waals surface area contributed by atoms with Gasteiger partial charge in [0.1, 0.15) is 0 Å². The van der Waals surface area contributed by atoms with E-state index in [4.69, 9.17) is 23.2 Å². The average molecular weight is 301 g/mol. The van der Waals surface area contributed by atoms with Crippen molar-refractivity contribution in [1.29, 1.82) is 0 Å². The molecule has 0 amide bonds. The van der Waals surface area contributed by atoms with Gasteiger partial charge < -0.3 is 4.90 Å². The number of rotatable bonds is 6. The maximum Gasteiger partial charge on any atom is 0.0426 e. The van der Waals surface area contributed by atoms with Gasteiger partial charge in [-0.25, -0.2) is 0 Å². The number of halogens is 2. The van der Waals surface area contributed by atoms with Gasteiger partial charge in [-0.15, -0.1) is 11.6 Å². The summed E-state index contributed by atoms with van der Waals surface area (Å²) in [5.41, 5.74) is 1.24. The molecule has 1 heterocycles. The topological polar surface area (TPSA) is 6.48 Å². The number of hydrogen-bond acceptors (Lipinski definition) is 2. The number of alkyl halides is 1. The number of anilines is 1. The van der Waals surface area contributed by atoms with E-state index in [2.05, 4.69) is 21.9 Å². The first-order valence-electron chi connectivity index (χ1n) is 7.08. The van der Waals surface area contributed by atoms with Crippen molar-refractivity contribution in [2.45, 2.75) is 19.3 Å². The molecule has 0 aliphatic carbocycles. The van der Waals surface area contributed by atoms with Crippen LogP contribution in [0.2, 0.25) is 5.02 Å². The maximum absolute atomic E-state index is 6.04. The van der Waals surface area contributed by atoms with Crippen molar-refractivity contribution in [1.82, 2.24) is 4.90 Å². The van der Waals surface area contributed by atoms with Gasteiger partial charge >= 0.3 is 0 Å². The van der Waals surface area contributed by atoms with Crippen LogP contribution in [-0.2, 0) is 0 Å². The van der Waals surface area contributed by atoms with Gasteiger partial charge in [-0.1, -0.05) is 24.1 Å². The number of benzene rings is 1. The highest BCUT2D eigenvalue weighted by Gasteiger charge is 2.16. The van der Waals surface area contributed by atoms with E-state index in [9.17, 15) is 0 Å². The Morgan fingerprint density at radius 2 is 1.79 bits per heavy atom. The highest BCUT2D eigenvalue weighted by molar-refractivity contribution is 6.30. The van der Waals surface area contributed by atoms with Crippen LogP contribution in [-0.4, -0.2) is 43.5 Å². The number of nitrogens with zero attached hydrogens (tertiary/aromatic N) is 2. The molecule has 19 heavy (non-hydrogen) atoms. The molecule has 0 spiro atoms. The summed E-state index contributed by atoms with van der Waals surface area (Å²) in [6.45, 7) is 5.69. The van der Waals surface area contributed by atoms with E-state index >= 15 is 0 Å². The molecular weight excluding hydrogens is 279 g/mol. The Labute approximate surface area is 126 Å². The lowest BCUT2D eigenvalue weighted by Gasteiger charge is -2.36. The minimum Gasteiger partial charge on any atom is -0.369 e. The van der Waals surface area contributed by atoms with Crippen molar-refractivity contribution in [2.24, 2.45) is 0 Å². The molecule has 1 aliphatic heterocycles. The predicted octanol–water partition coefficient (Wildman–Crippen LogP) is 3.87. The summed E-state index contributed by atoms with van der Waals surface area (Å²) in [7, 11) is 0. The molecule has 1 aliphatic rings. The first kappa shape index (κ1) is 15.0. The zero-order valence-corrected chi connectivity index (χ0v) is 12.8. The number of piperazine rings is 1. The van der Waals surface area contributed by atoms with E-state index in [0.29, 0.717) is 0 Å². The van der Waals surface area contributed by atoms with Gasteiger partial charge in [0.15, 0.2) is 0 Å². The second-order valence-electron chi connectivity index (χ2n) is 5.06. The van der Waals surface area contributed by atoms with Gasteiger partial charge in [-0.2, -0.15) is 0 Å². The third-order valence-corrected chi connectivity index (χ3v) is 4.16. The molecule has 0 atom stereocenters. The molecule has 0 unspecified atom stereocenters. The second kappa shape index (κ2) is 7.98. The summed E-state index contributed by atoms with van der Waals surface area (Å²) in [6.07, 6.45) is 3.66. The largest absolute Gasteiger partial charge is 0.369 e. The lowest BCUT2D eigenvalue weighted by atomic mass is 10.2. The molecule has 0 saturated carbocycles. The number of hydrogen-bond donors (Lipinski definition) is 0. The van der Waals surface area contributed by atoms with Crippen molar-refractivity contribution in [3.63, 3.8) is 0 Å². The van der Waals surface area contributed by atoms with Gasteiger partial charge in [-0.05, 0) is 37.6 Å².